The molecule has 6 heteroatoms. The second-order valence-corrected chi connectivity index (χ2v) is 10.2. The van der Waals surface area contributed by atoms with Crippen molar-refractivity contribution in [2.24, 2.45) is 17.3 Å². The number of rotatable bonds is 6. The number of carbonyl (C=O) groups excluding carboxylic acids is 1. The average molecular weight is 428 g/mol. The van der Waals surface area contributed by atoms with Crippen molar-refractivity contribution in [1.82, 2.24) is 5.32 Å². The molecular weight excluding hydrogens is 404 g/mol. The van der Waals surface area contributed by atoms with Gasteiger partial charge in [-0.1, -0.05) is 34.1 Å². The standard InChI is InChI=1S/C20H24BrF2NO2/c21-20-8-13-5-14(9-20)7-19(6-13,12-20)10-17(25)24-11-15-3-1-2-4-16(15)26-18(22)23/h1-4,13-14,18H,5-12H2,(H,24,25). The maximum absolute atomic E-state index is 12.6. The van der Waals surface area contributed by atoms with Crippen molar-refractivity contribution in [3.8, 4) is 5.75 Å². The molecule has 2 unspecified atom stereocenters. The van der Waals surface area contributed by atoms with E-state index in [0.29, 0.717) is 12.0 Å². The lowest BCUT2D eigenvalue weighted by Gasteiger charge is -2.60. The summed E-state index contributed by atoms with van der Waals surface area (Å²) in [5.41, 5.74) is 0.681. The van der Waals surface area contributed by atoms with E-state index in [9.17, 15) is 13.6 Å². The topological polar surface area (TPSA) is 38.3 Å². The van der Waals surface area contributed by atoms with Crippen molar-refractivity contribution >= 4 is 21.8 Å². The van der Waals surface area contributed by atoms with Gasteiger partial charge < -0.3 is 10.1 Å². The molecule has 4 fully saturated rings. The van der Waals surface area contributed by atoms with Crippen LogP contribution in [0.15, 0.2) is 24.3 Å². The number of hydrogen-bond donors (Lipinski definition) is 1. The van der Waals surface area contributed by atoms with Gasteiger partial charge in [0.1, 0.15) is 5.75 Å². The smallest absolute Gasteiger partial charge is 0.387 e. The van der Waals surface area contributed by atoms with E-state index in [-0.39, 0.29) is 27.9 Å². The Balaban J connectivity index is 1.38. The highest BCUT2D eigenvalue weighted by Crippen LogP contribution is 2.65. The molecule has 4 saturated carbocycles. The first-order chi connectivity index (χ1) is 12.3. The van der Waals surface area contributed by atoms with Gasteiger partial charge in [0.05, 0.1) is 0 Å². The highest BCUT2D eigenvalue weighted by atomic mass is 79.9. The predicted octanol–water partition coefficient (Wildman–Crippen LogP) is 5.03. The number of para-hydroxylation sites is 1. The quantitative estimate of drug-likeness (QED) is 0.646. The largest absolute Gasteiger partial charge is 0.434 e. The summed E-state index contributed by atoms with van der Waals surface area (Å²) in [5.74, 6) is 1.61. The minimum atomic E-state index is -2.87. The molecule has 0 aliphatic heterocycles. The fourth-order valence-corrected chi connectivity index (χ4v) is 7.51. The Hall–Kier alpha value is -1.17. The van der Waals surface area contributed by atoms with Crippen LogP contribution in [0.3, 0.4) is 0 Å². The van der Waals surface area contributed by atoms with E-state index in [1.54, 1.807) is 18.2 Å². The third kappa shape index (κ3) is 3.75. The Morgan fingerprint density at radius 1 is 1.23 bits per heavy atom. The molecule has 3 nitrogen and oxygen atoms in total. The molecule has 0 aromatic heterocycles. The van der Waals surface area contributed by atoms with Gasteiger partial charge in [0.25, 0.3) is 0 Å². The van der Waals surface area contributed by atoms with Crippen LogP contribution in [0.2, 0.25) is 0 Å². The van der Waals surface area contributed by atoms with Crippen molar-refractivity contribution in [1.29, 1.82) is 0 Å². The molecule has 142 valence electrons. The highest BCUT2D eigenvalue weighted by molar-refractivity contribution is 9.10. The van der Waals surface area contributed by atoms with Crippen LogP contribution in [0.4, 0.5) is 8.78 Å². The zero-order chi connectivity index (χ0) is 18.4. The summed E-state index contributed by atoms with van der Waals surface area (Å²) in [5, 5.41) is 2.92. The normalized spacial score (nSPS) is 34.9. The SMILES string of the molecule is O=C(CC12CC3CC(CC(Br)(C3)C1)C2)NCc1ccccc1OC(F)F. The van der Waals surface area contributed by atoms with E-state index >= 15 is 0 Å². The van der Waals surface area contributed by atoms with Crippen LogP contribution >= 0.6 is 15.9 Å². The predicted molar refractivity (Wildman–Crippen MR) is 98.3 cm³/mol. The van der Waals surface area contributed by atoms with Gasteiger partial charge in [0.15, 0.2) is 0 Å². The molecule has 4 aliphatic rings. The van der Waals surface area contributed by atoms with Crippen LogP contribution in [0.1, 0.15) is 50.5 Å². The second-order valence-electron chi connectivity index (χ2n) is 8.55. The van der Waals surface area contributed by atoms with Gasteiger partial charge in [0.2, 0.25) is 5.91 Å². The van der Waals surface area contributed by atoms with Crippen molar-refractivity contribution < 1.29 is 18.3 Å². The van der Waals surface area contributed by atoms with Gasteiger partial charge in [-0.3, -0.25) is 4.79 Å². The summed E-state index contributed by atoms with van der Waals surface area (Å²) in [4.78, 5) is 12.6. The lowest BCUT2D eigenvalue weighted by molar-refractivity contribution is -0.128. The van der Waals surface area contributed by atoms with Crippen LogP contribution in [-0.4, -0.2) is 16.8 Å². The molecule has 0 spiro atoms. The third-order valence-corrected chi connectivity index (χ3v) is 7.24. The van der Waals surface area contributed by atoms with E-state index in [0.717, 1.165) is 31.1 Å². The minimum Gasteiger partial charge on any atom is -0.434 e. The molecule has 1 amide bonds. The van der Waals surface area contributed by atoms with E-state index in [2.05, 4.69) is 26.0 Å². The van der Waals surface area contributed by atoms with Gasteiger partial charge in [0, 0.05) is 22.9 Å². The maximum Gasteiger partial charge on any atom is 0.387 e. The number of amides is 1. The second kappa shape index (κ2) is 6.77. The van der Waals surface area contributed by atoms with Gasteiger partial charge in [-0.05, 0) is 61.8 Å². The molecule has 26 heavy (non-hydrogen) atoms. The fourth-order valence-electron chi connectivity index (χ4n) is 6.00. The third-order valence-electron chi connectivity index (χ3n) is 6.31. The van der Waals surface area contributed by atoms with Gasteiger partial charge in [-0.2, -0.15) is 8.78 Å². The zero-order valence-electron chi connectivity index (χ0n) is 14.6. The monoisotopic (exact) mass is 427 g/mol. The number of benzene rings is 1. The Morgan fingerprint density at radius 3 is 2.58 bits per heavy atom. The minimum absolute atomic E-state index is 0.00917. The summed E-state index contributed by atoms with van der Waals surface area (Å²) in [6.07, 6.45) is 7.70. The lowest BCUT2D eigenvalue weighted by atomic mass is 9.48. The molecule has 1 aromatic rings. The Morgan fingerprint density at radius 2 is 1.92 bits per heavy atom. The first-order valence-electron chi connectivity index (χ1n) is 9.33. The summed E-state index contributed by atoms with van der Waals surface area (Å²) in [7, 11) is 0. The summed E-state index contributed by atoms with van der Waals surface area (Å²) in [6, 6.07) is 6.61. The van der Waals surface area contributed by atoms with Crippen LogP contribution in [-0.2, 0) is 11.3 Å². The number of ether oxygens (including phenoxy) is 1. The average Bonchev–Trinajstić information content (AvgIpc) is 2.50. The lowest BCUT2D eigenvalue weighted by Crippen LogP contribution is -2.54. The molecule has 4 bridgehead atoms. The van der Waals surface area contributed by atoms with E-state index in [1.165, 1.54) is 25.3 Å². The van der Waals surface area contributed by atoms with Crippen molar-refractivity contribution in [3.05, 3.63) is 29.8 Å². The van der Waals surface area contributed by atoms with Gasteiger partial charge >= 0.3 is 6.61 Å². The Labute approximate surface area is 161 Å². The zero-order valence-corrected chi connectivity index (χ0v) is 16.2. The molecule has 0 heterocycles. The van der Waals surface area contributed by atoms with Gasteiger partial charge in [-0.25, -0.2) is 0 Å². The molecule has 1 N–H and O–H groups in total. The van der Waals surface area contributed by atoms with Crippen molar-refractivity contribution in [2.45, 2.75) is 62.4 Å². The highest BCUT2D eigenvalue weighted by Gasteiger charge is 2.57. The van der Waals surface area contributed by atoms with Crippen molar-refractivity contribution in [2.75, 3.05) is 0 Å². The Kier molecular flexibility index (Phi) is 4.74. The molecule has 1 aromatic carbocycles. The number of halogens is 3. The molecule has 0 saturated heterocycles. The van der Waals surface area contributed by atoms with Crippen LogP contribution in [0.5, 0.6) is 5.75 Å². The summed E-state index contributed by atoms with van der Waals surface area (Å²) < 4.78 is 29.8. The number of carbonyl (C=O) groups is 1. The molecule has 0 radical (unpaired) electrons. The number of alkyl halides is 3. The van der Waals surface area contributed by atoms with E-state index < -0.39 is 6.61 Å². The van der Waals surface area contributed by atoms with Crippen LogP contribution in [0, 0.1) is 17.3 Å². The Bertz CT molecular complexity index is 682. The maximum atomic E-state index is 12.6. The van der Waals surface area contributed by atoms with Crippen LogP contribution in [0.25, 0.3) is 0 Å². The van der Waals surface area contributed by atoms with Crippen LogP contribution < -0.4 is 10.1 Å². The van der Waals surface area contributed by atoms with E-state index in [1.807, 2.05) is 0 Å². The molecular formula is C20H24BrF2NO2. The molecule has 2 atom stereocenters. The first kappa shape index (κ1) is 18.2. The van der Waals surface area contributed by atoms with E-state index in [4.69, 9.17) is 0 Å². The fraction of sp³-hybridized carbons (Fsp3) is 0.650. The number of nitrogens with one attached hydrogen (secondary N) is 1. The molecule has 4 aliphatic carbocycles. The molecule has 5 rings (SSSR count). The van der Waals surface area contributed by atoms with Gasteiger partial charge in [-0.15, -0.1) is 0 Å². The van der Waals surface area contributed by atoms with Crippen molar-refractivity contribution in [3.63, 3.8) is 0 Å². The first-order valence-corrected chi connectivity index (χ1v) is 10.1. The summed E-state index contributed by atoms with van der Waals surface area (Å²) in [6.45, 7) is -2.65. The summed E-state index contributed by atoms with van der Waals surface area (Å²) >= 11 is 3.97. The number of hydrogen-bond acceptors (Lipinski definition) is 2.